The Morgan fingerprint density at radius 1 is 1.08 bits per heavy atom. The maximum absolute atomic E-state index is 12.7. The van der Waals surface area contributed by atoms with E-state index in [-0.39, 0.29) is 23.2 Å². The lowest BCUT2D eigenvalue weighted by Crippen LogP contribution is -2.29. The molecule has 0 aliphatic carbocycles. The van der Waals surface area contributed by atoms with E-state index in [9.17, 15) is 9.59 Å². The van der Waals surface area contributed by atoms with Gasteiger partial charge in [-0.1, -0.05) is 36.4 Å². The molecule has 1 atom stereocenters. The first kappa shape index (κ1) is 16.1. The zero-order valence-electron chi connectivity index (χ0n) is 14.4. The van der Waals surface area contributed by atoms with Gasteiger partial charge in [0.1, 0.15) is 11.3 Å². The number of H-pyrrole nitrogens is 1. The molecule has 0 aliphatic heterocycles. The third kappa shape index (κ3) is 2.56. The second kappa shape index (κ2) is 6.15. The summed E-state index contributed by atoms with van der Waals surface area (Å²) in [4.78, 5) is 24.6. The highest BCUT2D eigenvalue weighted by atomic mass is 16.3. The Hall–Kier alpha value is -3.41. The second-order valence-electron chi connectivity index (χ2n) is 6.23. The summed E-state index contributed by atoms with van der Waals surface area (Å²) in [7, 11) is 0. The topological polar surface area (TPSA) is 88.0 Å². The monoisotopic (exact) mass is 347 g/mol. The molecule has 6 heteroatoms. The van der Waals surface area contributed by atoms with Gasteiger partial charge in [0.2, 0.25) is 0 Å². The fourth-order valence-corrected chi connectivity index (χ4v) is 3.22. The predicted octanol–water partition coefficient (Wildman–Crippen LogP) is 3.47. The van der Waals surface area contributed by atoms with Crippen LogP contribution in [0.15, 0.2) is 57.7 Å². The molecule has 2 aromatic heterocycles. The first-order valence-electron chi connectivity index (χ1n) is 8.32. The van der Waals surface area contributed by atoms with Gasteiger partial charge >= 0.3 is 0 Å². The molecule has 2 aromatic carbocycles. The van der Waals surface area contributed by atoms with Crippen molar-refractivity contribution in [1.29, 1.82) is 0 Å². The first-order chi connectivity index (χ1) is 12.6. The third-order valence-corrected chi connectivity index (χ3v) is 4.53. The summed E-state index contributed by atoms with van der Waals surface area (Å²) < 4.78 is 5.91. The number of furan rings is 1. The predicted molar refractivity (Wildman–Crippen MR) is 99.2 cm³/mol. The summed E-state index contributed by atoms with van der Waals surface area (Å²) in [6.07, 6.45) is 0. The number of fused-ring (bicyclic) bond motifs is 2. The minimum Gasteiger partial charge on any atom is -0.459 e. The second-order valence-corrected chi connectivity index (χ2v) is 6.23. The number of nitrogens with zero attached hydrogens (tertiary/aromatic N) is 1. The first-order valence-corrected chi connectivity index (χ1v) is 8.32. The average Bonchev–Trinajstić information content (AvgIpc) is 2.99. The Balaban J connectivity index is 1.69. The summed E-state index contributed by atoms with van der Waals surface area (Å²) in [5.74, 6) is 0.332. The average molecular weight is 347 g/mol. The minimum atomic E-state index is -0.371. The number of aromatic nitrogens is 2. The zero-order chi connectivity index (χ0) is 18.3. The number of hydrogen-bond acceptors (Lipinski definition) is 4. The van der Waals surface area contributed by atoms with Crippen molar-refractivity contribution < 1.29 is 9.21 Å². The molecule has 130 valence electrons. The van der Waals surface area contributed by atoms with E-state index >= 15 is 0 Å². The van der Waals surface area contributed by atoms with Crippen LogP contribution in [0, 0.1) is 6.92 Å². The van der Waals surface area contributed by atoms with Crippen LogP contribution in [0.2, 0.25) is 0 Å². The Bertz CT molecular complexity index is 1190. The van der Waals surface area contributed by atoms with Crippen molar-refractivity contribution in [2.75, 3.05) is 0 Å². The number of benzene rings is 2. The van der Waals surface area contributed by atoms with Crippen LogP contribution in [0.4, 0.5) is 0 Å². The van der Waals surface area contributed by atoms with Crippen molar-refractivity contribution in [2.45, 2.75) is 19.9 Å². The van der Waals surface area contributed by atoms with Crippen LogP contribution in [0.5, 0.6) is 0 Å². The lowest BCUT2D eigenvalue weighted by atomic mass is 10.1. The number of carbonyl (C=O) groups is 1. The van der Waals surface area contributed by atoms with Gasteiger partial charge in [-0.15, -0.1) is 0 Å². The third-order valence-electron chi connectivity index (χ3n) is 4.53. The van der Waals surface area contributed by atoms with Crippen molar-refractivity contribution >= 4 is 27.6 Å². The van der Waals surface area contributed by atoms with Gasteiger partial charge in [-0.2, -0.15) is 5.10 Å². The van der Waals surface area contributed by atoms with E-state index in [2.05, 4.69) is 15.5 Å². The standard InChI is InChI=1S/C20H17N3O3/c1-11-13-7-5-6-10-16(13)26-18(11)12(2)21-20(25)17-14-8-3-4-9-15(14)19(24)23-22-17/h3-10,12H,1-2H3,(H,21,25)(H,23,24)/t12-/m0/s1. The maximum Gasteiger partial charge on any atom is 0.272 e. The number of nitrogens with one attached hydrogen (secondary N) is 2. The normalized spacial score (nSPS) is 12.4. The van der Waals surface area contributed by atoms with Crippen LogP contribution in [-0.4, -0.2) is 16.1 Å². The smallest absolute Gasteiger partial charge is 0.272 e. The number of para-hydroxylation sites is 1. The highest BCUT2D eigenvalue weighted by molar-refractivity contribution is 6.04. The molecule has 0 radical (unpaired) electrons. The quantitative estimate of drug-likeness (QED) is 0.594. The fraction of sp³-hybridized carbons (Fsp3) is 0.150. The van der Waals surface area contributed by atoms with E-state index in [1.165, 1.54) is 0 Å². The van der Waals surface area contributed by atoms with E-state index in [4.69, 9.17) is 4.42 Å². The summed E-state index contributed by atoms with van der Waals surface area (Å²) in [6, 6.07) is 14.3. The molecule has 6 nitrogen and oxygen atoms in total. The molecule has 0 fully saturated rings. The molecule has 2 N–H and O–H groups in total. The molecule has 0 unspecified atom stereocenters. The number of rotatable bonds is 3. The Morgan fingerprint density at radius 3 is 2.46 bits per heavy atom. The molecule has 0 spiro atoms. The van der Waals surface area contributed by atoms with Crippen molar-refractivity contribution in [3.63, 3.8) is 0 Å². The fourth-order valence-electron chi connectivity index (χ4n) is 3.22. The van der Waals surface area contributed by atoms with E-state index in [1.807, 2.05) is 38.1 Å². The van der Waals surface area contributed by atoms with Gasteiger partial charge in [-0.05, 0) is 26.0 Å². The van der Waals surface area contributed by atoms with E-state index in [1.54, 1.807) is 24.3 Å². The summed E-state index contributed by atoms with van der Waals surface area (Å²) in [5.41, 5.74) is 1.64. The van der Waals surface area contributed by atoms with Gasteiger partial charge in [0.25, 0.3) is 11.5 Å². The van der Waals surface area contributed by atoms with Gasteiger partial charge in [-0.25, -0.2) is 5.10 Å². The largest absolute Gasteiger partial charge is 0.459 e. The molecule has 2 heterocycles. The van der Waals surface area contributed by atoms with Gasteiger partial charge in [0, 0.05) is 16.3 Å². The van der Waals surface area contributed by atoms with Gasteiger partial charge < -0.3 is 9.73 Å². The maximum atomic E-state index is 12.7. The minimum absolute atomic E-state index is 0.181. The highest BCUT2D eigenvalue weighted by Gasteiger charge is 2.21. The van der Waals surface area contributed by atoms with Crippen molar-refractivity contribution in [2.24, 2.45) is 0 Å². The van der Waals surface area contributed by atoms with Gasteiger partial charge in [0.15, 0.2) is 5.69 Å². The molecule has 1 amide bonds. The Labute approximate surface area is 148 Å². The van der Waals surface area contributed by atoms with Crippen LogP contribution in [0.1, 0.15) is 34.8 Å². The number of amides is 1. The summed E-state index contributed by atoms with van der Waals surface area (Å²) in [5, 5.41) is 11.2. The van der Waals surface area contributed by atoms with Crippen LogP contribution >= 0.6 is 0 Å². The number of carbonyl (C=O) groups excluding carboxylic acids is 1. The number of aryl methyl sites for hydroxylation is 1. The molecule has 4 rings (SSSR count). The highest BCUT2D eigenvalue weighted by Crippen LogP contribution is 2.29. The van der Waals surface area contributed by atoms with Crippen molar-refractivity contribution in [1.82, 2.24) is 15.5 Å². The molecule has 0 bridgehead atoms. The molecule has 26 heavy (non-hydrogen) atoms. The van der Waals surface area contributed by atoms with Crippen LogP contribution in [-0.2, 0) is 0 Å². The molecule has 0 aliphatic rings. The molecule has 4 aromatic rings. The molecular weight excluding hydrogens is 330 g/mol. The SMILES string of the molecule is Cc1c([C@H](C)NC(=O)c2n[nH]c(=O)c3ccccc23)oc2ccccc12. The lowest BCUT2D eigenvalue weighted by molar-refractivity contribution is 0.0931. The van der Waals surface area contributed by atoms with Crippen LogP contribution in [0.25, 0.3) is 21.7 Å². The van der Waals surface area contributed by atoms with Gasteiger partial charge in [-0.3, -0.25) is 9.59 Å². The molecular formula is C20H17N3O3. The molecule has 0 saturated carbocycles. The molecule has 0 saturated heterocycles. The van der Waals surface area contributed by atoms with E-state index < -0.39 is 0 Å². The number of aromatic amines is 1. The van der Waals surface area contributed by atoms with Crippen LogP contribution < -0.4 is 10.9 Å². The van der Waals surface area contributed by atoms with E-state index in [0.717, 1.165) is 16.5 Å². The van der Waals surface area contributed by atoms with E-state index in [0.29, 0.717) is 16.5 Å². The summed E-state index contributed by atoms with van der Waals surface area (Å²) >= 11 is 0. The summed E-state index contributed by atoms with van der Waals surface area (Å²) in [6.45, 7) is 3.83. The van der Waals surface area contributed by atoms with Crippen LogP contribution in [0.3, 0.4) is 0 Å². The lowest BCUT2D eigenvalue weighted by Gasteiger charge is -2.13. The van der Waals surface area contributed by atoms with Crippen molar-refractivity contribution in [3.05, 3.63) is 75.9 Å². The number of hydrogen-bond donors (Lipinski definition) is 2. The van der Waals surface area contributed by atoms with Gasteiger partial charge in [0.05, 0.1) is 11.4 Å². The van der Waals surface area contributed by atoms with Crippen molar-refractivity contribution in [3.8, 4) is 0 Å². The Morgan fingerprint density at radius 2 is 1.73 bits per heavy atom. The zero-order valence-corrected chi connectivity index (χ0v) is 14.4. The Kier molecular flexibility index (Phi) is 3.80.